The molecule has 1 aromatic carbocycles. The van der Waals surface area contributed by atoms with Crippen LogP contribution in [0.1, 0.15) is 12.8 Å². The Bertz CT molecular complexity index is 1190. The van der Waals surface area contributed by atoms with Crippen molar-refractivity contribution in [1.29, 1.82) is 0 Å². The number of thiazole rings is 1. The third kappa shape index (κ3) is 2.35. The Morgan fingerprint density at radius 1 is 1.31 bits per heavy atom. The molecule has 7 heteroatoms. The predicted octanol–water partition coefficient (Wildman–Crippen LogP) is 3.24. The van der Waals surface area contributed by atoms with E-state index in [2.05, 4.69) is 5.32 Å². The minimum absolute atomic E-state index is 0.162. The van der Waals surface area contributed by atoms with E-state index in [0.29, 0.717) is 11.0 Å². The molecule has 3 N–H and O–H groups in total. The Labute approximate surface area is 153 Å². The van der Waals surface area contributed by atoms with Crippen LogP contribution in [-0.4, -0.2) is 28.6 Å². The number of anilines is 2. The third-order valence-electron chi connectivity index (χ3n) is 4.86. The largest absolute Gasteiger partial charge is 0.393 e. The summed E-state index contributed by atoms with van der Waals surface area (Å²) < 4.78 is 8.72. The molecule has 0 radical (unpaired) electrons. The van der Waals surface area contributed by atoms with Crippen molar-refractivity contribution in [1.82, 2.24) is 9.38 Å². The molecule has 0 aliphatic carbocycles. The Hall–Kier alpha value is -2.64. The van der Waals surface area contributed by atoms with Gasteiger partial charge in [-0.2, -0.15) is 0 Å². The highest BCUT2D eigenvalue weighted by Gasteiger charge is 2.17. The molecular formula is C19H18N4O2S. The first-order valence-electron chi connectivity index (χ1n) is 8.70. The summed E-state index contributed by atoms with van der Waals surface area (Å²) >= 11 is 1.51. The second kappa shape index (κ2) is 5.96. The van der Waals surface area contributed by atoms with Crippen LogP contribution in [0.25, 0.3) is 26.1 Å². The number of benzene rings is 1. The van der Waals surface area contributed by atoms with Gasteiger partial charge in [0.2, 0.25) is 5.43 Å². The molecule has 0 saturated carbocycles. The van der Waals surface area contributed by atoms with Crippen LogP contribution in [-0.2, 0) is 4.74 Å². The molecule has 3 aromatic heterocycles. The third-order valence-corrected chi connectivity index (χ3v) is 6.02. The second-order valence-corrected chi connectivity index (χ2v) is 7.57. The Morgan fingerprint density at radius 2 is 2.19 bits per heavy atom. The Kier molecular flexibility index (Phi) is 3.58. The minimum Gasteiger partial charge on any atom is -0.393 e. The number of rotatable bonds is 3. The molecule has 1 saturated heterocycles. The van der Waals surface area contributed by atoms with Crippen LogP contribution in [0.15, 0.2) is 41.2 Å². The SMILES string of the molecule is Nc1c(=O)c2ccc(NCC3CCCO3)nc2n2c1sc1ccccc12. The van der Waals surface area contributed by atoms with Crippen LogP contribution in [0, 0.1) is 0 Å². The number of hydrogen-bond acceptors (Lipinski definition) is 6. The second-order valence-electron chi connectivity index (χ2n) is 6.54. The summed E-state index contributed by atoms with van der Waals surface area (Å²) in [5.41, 5.74) is 7.90. The van der Waals surface area contributed by atoms with Gasteiger partial charge in [0.05, 0.1) is 21.7 Å². The quantitative estimate of drug-likeness (QED) is 0.582. The van der Waals surface area contributed by atoms with Crippen molar-refractivity contribution in [3.63, 3.8) is 0 Å². The maximum Gasteiger partial charge on any atom is 0.215 e. The van der Waals surface area contributed by atoms with Crippen LogP contribution in [0.3, 0.4) is 0 Å². The van der Waals surface area contributed by atoms with Crippen molar-refractivity contribution in [2.45, 2.75) is 18.9 Å². The summed E-state index contributed by atoms with van der Waals surface area (Å²) in [6, 6.07) is 11.7. The Morgan fingerprint density at radius 3 is 3.04 bits per heavy atom. The van der Waals surface area contributed by atoms with Gasteiger partial charge in [0, 0.05) is 13.2 Å². The molecule has 4 heterocycles. The van der Waals surface area contributed by atoms with Crippen LogP contribution in [0.4, 0.5) is 11.5 Å². The predicted molar refractivity (Wildman–Crippen MR) is 106 cm³/mol. The summed E-state index contributed by atoms with van der Waals surface area (Å²) in [7, 11) is 0. The number of fused-ring (bicyclic) bond motifs is 5. The van der Waals surface area contributed by atoms with Gasteiger partial charge in [0.15, 0.2) is 5.65 Å². The lowest BCUT2D eigenvalue weighted by Gasteiger charge is -2.12. The van der Waals surface area contributed by atoms with Gasteiger partial charge in [-0.25, -0.2) is 4.98 Å². The van der Waals surface area contributed by atoms with E-state index in [0.717, 1.165) is 46.9 Å². The average Bonchev–Trinajstić information content (AvgIpc) is 3.32. The summed E-state index contributed by atoms with van der Waals surface area (Å²) in [6.07, 6.45) is 2.40. The van der Waals surface area contributed by atoms with E-state index < -0.39 is 0 Å². The summed E-state index contributed by atoms with van der Waals surface area (Å²) in [4.78, 5) is 18.2. The fourth-order valence-corrected chi connectivity index (χ4v) is 4.63. The molecule has 1 unspecified atom stereocenters. The van der Waals surface area contributed by atoms with Gasteiger partial charge in [-0.15, -0.1) is 11.3 Å². The highest BCUT2D eigenvalue weighted by atomic mass is 32.1. The van der Waals surface area contributed by atoms with E-state index in [1.54, 1.807) is 6.07 Å². The zero-order valence-electron chi connectivity index (χ0n) is 14.1. The summed E-state index contributed by atoms with van der Waals surface area (Å²) in [5, 5.41) is 3.87. The molecule has 0 amide bonds. The monoisotopic (exact) mass is 366 g/mol. The van der Waals surface area contributed by atoms with Gasteiger partial charge < -0.3 is 15.8 Å². The number of nitrogens with two attached hydrogens (primary N) is 1. The molecule has 4 aromatic rings. The van der Waals surface area contributed by atoms with Crippen LogP contribution in [0.2, 0.25) is 0 Å². The van der Waals surface area contributed by atoms with Gasteiger partial charge in [0.1, 0.15) is 16.3 Å². The van der Waals surface area contributed by atoms with Crippen molar-refractivity contribution < 1.29 is 4.74 Å². The van der Waals surface area contributed by atoms with Crippen LogP contribution >= 0.6 is 11.3 Å². The lowest BCUT2D eigenvalue weighted by molar-refractivity contribution is 0.120. The number of nitrogens with one attached hydrogen (secondary N) is 1. The van der Waals surface area contributed by atoms with Gasteiger partial charge in [-0.3, -0.25) is 9.20 Å². The maximum atomic E-state index is 12.7. The number of para-hydroxylation sites is 1. The molecular weight excluding hydrogens is 348 g/mol. The van der Waals surface area contributed by atoms with Gasteiger partial charge in [-0.1, -0.05) is 12.1 Å². The number of hydrogen-bond donors (Lipinski definition) is 2. The van der Waals surface area contributed by atoms with E-state index >= 15 is 0 Å². The van der Waals surface area contributed by atoms with Crippen molar-refractivity contribution in [3.05, 3.63) is 46.6 Å². The fraction of sp³-hybridized carbons (Fsp3) is 0.263. The lowest BCUT2D eigenvalue weighted by Crippen LogP contribution is -2.19. The fourth-order valence-electron chi connectivity index (χ4n) is 3.53. The van der Waals surface area contributed by atoms with E-state index in [9.17, 15) is 4.79 Å². The zero-order valence-corrected chi connectivity index (χ0v) is 14.9. The van der Waals surface area contributed by atoms with Crippen molar-refractivity contribution in [2.75, 3.05) is 24.2 Å². The standard InChI is InChI=1S/C19H18N4O2S/c20-16-17(24)12-7-8-15(21-10-11-4-3-9-25-11)22-18(12)23-13-5-1-2-6-14(13)26-19(16)23/h1-2,5-8,11H,3-4,9-10,20H2,(H,21,22). The first-order chi connectivity index (χ1) is 12.7. The van der Waals surface area contributed by atoms with Crippen LogP contribution in [0.5, 0.6) is 0 Å². The molecule has 0 spiro atoms. The number of ether oxygens (including phenoxy) is 1. The van der Waals surface area contributed by atoms with Gasteiger partial charge >= 0.3 is 0 Å². The first-order valence-corrected chi connectivity index (χ1v) is 9.52. The van der Waals surface area contributed by atoms with Crippen molar-refractivity contribution in [3.8, 4) is 0 Å². The molecule has 0 bridgehead atoms. The molecule has 26 heavy (non-hydrogen) atoms. The normalized spacial score (nSPS) is 17.5. The maximum absolute atomic E-state index is 12.7. The molecule has 132 valence electrons. The zero-order chi connectivity index (χ0) is 17.7. The Balaban J connectivity index is 1.71. The van der Waals surface area contributed by atoms with Crippen LogP contribution < -0.4 is 16.5 Å². The van der Waals surface area contributed by atoms with Crippen molar-refractivity contribution in [2.24, 2.45) is 0 Å². The van der Waals surface area contributed by atoms with E-state index in [4.69, 9.17) is 15.5 Å². The summed E-state index contributed by atoms with van der Waals surface area (Å²) in [6.45, 7) is 1.55. The number of aromatic nitrogens is 2. The van der Waals surface area contributed by atoms with E-state index in [-0.39, 0.29) is 17.2 Å². The molecule has 6 nitrogen and oxygen atoms in total. The minimum atomic E-state index is -0.162. The molecule has 5 rings (SSSR count). The average molecular weight is 366 g/mol. The first kappa shape index (κ1) is 15.6. The smallest absolute Gasteiger partial charge is 0.215 e. The topological polar surface area (TPSA) is 81.7 Å². The summed E-state index contributed by atoms with van der Waals surface area (Å²) in [5.74, 6) is 0.737. The van der Waals surface area contributed by atoms with Gasteiger partial charge in [0.25, 0.3) is 0 Å². The number of nitrogens with zero attached hydrogens (tertiary/aromatic N) is 2. The molecule has 1 fully saturated rings. The van der Waals surface area contributed by atoms with E-state index in [1.165, 1.54) is 11.3 Å². The van der Waals surface area contributed by atoms with Crippen molar-refractivity contribution >= 4 is 48.9 Å². The number of pyridine rings is 2. The van der Waals surface area contributed by atoms with Gasteiger partial charge in [-0.05, 0) is 37.1 Å². The lowest BCUT2D eigenvalue weighted by atomic mass is 10.2. The molecule has 1 aliphatic heterocycles. The molecule has 1 aliphatic rings. The molecule has 1 atom stereocenters. The number of nitrogen functional groups attached to an aromatic ring is 1. The highest BCUT2D eigenvalue weighted by molar-refractivity contribution is 7.24. The highest BCUT2D eigenvalue weighted by Crippen LogP contribution is 2.31. The van der Waals surface area contributed by atoms with E-state index in [1.807, 2.05) is 34.7 Å².